The van der Waals surface area contributed by atoms with Gasteiger partial charge in [0, 0.05) is 23.8 Å². The van der Waals surface area contributed by atoms with Gasteiger partial charge in [0.1, 0.15) is 0 Å². The van der Waals surface area contributed by atoms with E-state index in [4.69, 9.17) is 0 Å². The summed E-state index contributed by atoms with van der Waals surface area (Å²) in [7, 11) is 0. The Morgan fingerprint density at radius 2 is 1.70 bits per heavy atom. The first-order valence-electron chi connectivity index (χ1n) is 7.00. The summed E-state index contributed by atoms with van der Waals surface area (Å²) in [5, 5.41) is 6.34. The maximum Gasteiger partial charge on any atom is 0.251 e. The number of carbonyl (C=O) groups is 1. The fourth-order valence-corrected chi connectivity index (χ4v) is 2.04. The van der Waals surface area contributed by atoms with E-state index in [1.807, 2.05) is 42.5 Å². The highest BCUT2D eigenvalue weighted by Gasteiger charge is 2.23. The summed E-state index contributed by atoms with van der Waals surface area (Å²) in [6, 6.07) is 18.3. The molecule has 0 aromatic heterocycles. The highest BCUT2D eigenvalue weighted by atomic mass is 16.1. The van der Waals surface area contributed by atoms with Crippen molar-refractivity contribution in [1.82, 2.24) is 5.32 Å². The SMILES string of the molecule is O=C(NC1CC1)c1ccc(NCc2ccccc2)cc1. The fraction of sp³-hybridized carbons (Fsp3) is 0.235. The number of hydrogen-bond donors (Lipinski definition) is 2. The summed E-state index contributed by atoms with van der Waals surface area (Å²) in [5.74, 6) is 0.0297. The molecule has 0 unspecified atom stereocenters. The molecule has 20 heavy (non-hydrogen) atoms. The van der Waals surface area contributed by atoms with Crippen LogP contribution in [0.3, 0.4) is 0 Å². The summed E-state index contributed by atoms with van der Waals surface area (Å²) < 4.78 is 0. The number of benzene rings is 2. The molecule has 2 aromatic carbocycles. The third-order valence-electron chi connectivity index (χ3n) is 3.40. The van der Waals surface area contributed by atoms with Crippen molar-refractivity contribution in [2.24, 2.45) is 0 Å². The first kappa shape index (κ1) is 12.7. The van der Waals surface area contributed by atoms with E-state index in [9.17, 15) is 4.79 Å². The van der Waals surface area contributed by atoms with E-state index in [2.05, 4.69) is 22.8 Å². The van der Waals surface area contributed by atoms with E-state index >= 15 is 0 Å². The van der Waals surface area contributed by atoms with Crippen LogP contribution in [-0.4, -0.2) is 11.9 Å². The Balaban J connectivity index is 1.56. The first-order chi connectivity index (χ1) is 9.81. The van der Waals surface area contributed by atoms with E-state index in [-0.39, 0.29) is 5.91 Å². The van der Waals surface area contributed by atoms with Crippen LogP contribution in [0.25, 0.3) is 0 Å². The van der Waals surface area contributed by atoms with Gasteiger partial charge in [0.25, 0.3) is 5.91 Å². The minimum Gasteiger partial charge on any atom is -0.381 e. The maximum atomic E-state index is 11.9. The van der Waals surface area contributed by atoms with Gasteiger partial charge < -0.3 is 10.6 Å². The van der Waals surface area contributed by atoms with Crippen LogP contribution in [0, 0.1) is 0 Å². The van der Waals surface area contributed by atoms with E-state index in [0.717, 1.165) is 30.6 Å². The van der Waals surface area contributed by atoms with Crippen molar-refractivity contribution in [1.29, 1.82) is 0 Å². The third-order valence-corrected chi connectivity index (χ3v) is 3.40. The molecule has 3 rings (SSSR count). The average molecular weight is 266 g/mol. The van der Waals surface area contributed by atoms with Gasteiger partial charge in [0.2, 0.25) is 0 Å². The molecule has 0 spiro atoms. The lowest BCUT2D eigenvalue weighted by atomic mass is 10.2. The lowest BCUT2D eigenvalue weighted by molar-refractivity contribution is 0.0951. The number of anilines is 1. The smallest absolute Gasteiger partial charge is 0.251 e. The van der Waals surface area contributed by atoms with Crippen LogP contribution in [0.4, 0.5) is 5.69 Å². The van der Waals surface area contributed by atoms with Crippen molar-refractivity contribution in [3.05, 3.63) is 65.7 Å². The molecule has 0 atom stereocenters. The fourth-order valence-electron chi connectivity index (χ4n) is 2.04. The van der Waals surface area contributed by atoms with Gasteiger partial charge in [-0.05, 0) is 42.7 Å². The highest BCUT2D eigenvalue weighted by molar-refractivity contribution is 5.94. The molecular weight excluding hydrogens is 248 g/mol. The van der Waals surface area contributed by atoms with Crippen LogP contribution in [0.1, 0.15) is 28.8 Å². The minimum absolute atomic E-state index is 0.0297. The lowest BCUT2D eigenvalue weighted by Crippen LogP contribution is -2.25. The second-order valence-electron chi connectivity index (χ2n) is 5.16. The molecule has 1 aliphatic rings. The van der Waals surface area contributed by atoms with Crippen LogP contribution >= 0.6 is 0 Å². The third kappa shape index (κ3) is 3.38. The van der Waals surface area contributed by atoms with Gasteiger partial charge in [-0.1, -0.05) is 30.3 Å². The standard InChI is InChI=1S/C17H18N2O/c20-17(19-16-10-11-16)14-6-8-15(9-7-14)18-12-13-4-2-1-3-5-13/h1-9,16,18H,10-12H2,(H,19,20). The molecule has 0 saturated heterocycles. The van der Waals surface area contributed by atoms with Gasteiger partial charge in [0.15, 0.2) is 0 Å². The zero-order chi connectivity index (χ0) is 13.8. The molecule has 0 aliphatic heterocycles. The largest absolute Gasteiger partial charge is 0.381 e. The molecule has 2 N–H and O–H groups in total. The maximum absolute atomic E-state index is 11.9. The summed E-state index contributed by atoms with van der Waals surface area (Å²) >= 11 is 0. The molecule has 0 radical (unpaired) electrons. The average Bonchev–Trinajstić information content (AvgIpc) is 3.31. The number of nitrogens with one attached hydrogen (secondary N) is 2. The van der Waals surface area contributed by atoms with E-state index in [0.29, 0.717) is 6.04 Å². The van der Waals surface area contributed by atoms with E-state index < -0.39 is 0 Å². The Morgan fingerprint density at radius 1 is 1.00 bits per heavy atom. The predicted molar refractivity (Wildman–Crippen MR) is 80.7 cm³/mol. The quantitative estimate of drug-likeness (QED) is 0.872. The minimum atomic E-state index is 0.0297. The molecule has 3 nitrogen and oxygen atoms in total. The van der Waals surface area contributed by atoms with E-state index in [1.165, 1.54) is 5.56 Å². The Hall–Kier alpha value is -2.29. The van der Waals surface area contributed by atoms with Crippen LogP contribution in [-0.2, 0) is 6.54 Å². The van der Waals surface area contributed by atoms with Crippen LogP contribution < -0.4 is 10.6 Å². The zero-order valence-corrected chi connectivity index (χ0v) is 11.3. The van der Waals surface area contributed by atoms with Gasteiger partial charge in [-0.2, -0.15) is 0 Å². The molecule has 1 fully saturated rings. The summed E-state index contributed by atoms with van der Waals surface area (Å²) in [5.41, 5.74) is 2.99. The Labute approximate surface area is 119 Å². The monoisotopic (exact) mass is 266 g/mol. The molecule has 0 bridgehead atoms. The molecule has 1 aliphatic carbocycles. The molecule has 1 saturated carbocycles. The summed E-state index contributed by atoms with van der Waals surface area (Å²) in [6.45, 7) is 0.786. The predicted octanol–water partition coefficient (Wildman–Crippen LogP) is 3.19. The van der Waals surface area contributed by atoms with Gasteiger partial charge in [-0.15, -0.1) is 0 Å². The zero-order valence-electron chi connectivity index (χ0n) is 11.3. The molecular formula is C17H18N2O. The number of carbonyl (C=O) groups excluding carboxylic acids is 1. The first-order valence-corrected chi connectivity index (χ1v) is 7.00. The van der Waals surface area contributed by atoms with Gasteiger partial charge >= 0.3 is 0 Å². The number of rotatable bonds is 5. The normalized spacial score (nSPS) is 13.8. The van der Waals surface area contributed by atoms with Crippen LogP contribution in [0.2, 0.25) is 0 Å². The van der Waals surface area contributed by atoms with Crippen molar-refractivity contribution in [3.8, 4) is 0 Å². The van der Waals surface area contributed by atoms with Gasteiger partial charge in [0.05, 0.1) is 0 Å². The summed E-state index contributed by atoms with van der Waals surface area (Å²) in [4.78, 5) is 11.9. The summed E-state index contributed by atoms with van der Waals surface area (Å²) in [6.07, 6.45) is 2.23. The van der Waals surface area contributed by atoms with Crippen molar-refractivity contribution >= 4 is 11.6 Å². The van der Waals surface area contributed by atoms with E-state index in [1.54, 1.807) is 0 Å². The number of hydrogen-bond acceptors (Lipinski definition) is 2. The lowest BCUT2D eigenvalue weighted by Gasteiger charge is -2.08. The number of amides is 1. The topological polar surface area (TPSA) is 41.1 Å². The molecule has 0 heterocycles. The van der Waals surface area contributed by atoms with Crippen LogP contribution in [0.15, 0.2) is 54.6 Å². The van der Waals surface area contributed by atoms with Crippen molar-refractivity contribution < 1.29 is 4.79 Å². The van der Waals surface area contributed by atoms with Crippen LogP contribution in [0.5, 0.6) is 0 Å². The molecule has 3 heteroatoms. The van der Waals surface area contributed by atoms with Gasteiger partial charge in [-0.3, -0.25) is 4.79 Å². The second-order valence-corrected chi connectivity index (χ2v) is 5.16. The Kier molecular flexibility index (Phi) is 3.68. The van der Waals surface area contributed by atoms with Gasteiger partial charge in [-0.25, -0.2) is 0 Å². The van der Waals surface area contributed by atoms with Crippen molar-refractivity contribution in [2.45, 2.75) is 25.4 Å². The van der Waals surface area contributed by atoms with Crippen molar-refractivity contribution in [2.75, 3.05) is 5.32 Å². The Morgan fingerprint density at radius 3 is 2.35 bits per heavy atom. The molecule has 2 aromatic rings. The molecule has 1 amide bonds. The second kappa shape index (κ2) is 5.78. The van der Waals surface area contributed by atoms with Crippen molar-refractivity contribution in [3.63, 3.8) is 0 Å². The molecule has 102 valence electrons. The Bertz CT molecular complexity index is 574. The highest BCUT2D eigenvalue weighted by Crippen LogP contribution is 2.19.